The zero-order valence-corrected chi connectivity index (χ0v) is 13.6. The standard InChI is InChI=1S/C7H10N2S.C7H8O3S/c1-9-3-2-6-7(4-9)10-5-8-6;1-6-2-4-7(5-3-6)11(8,9)10/h5H,2-4H2,1H3;2-5H,1H3,(H,8,9,10). The lowest BCUT2D eigenvalue weighted by Gasteiger charge is -2.20. The van der Waals surface area contributed by atoms with Gasteiger partial charge in [-0.3, -0.25) is 4.55 Å². The van der Waals surface area contributed by atoms with Crippen molar-refractivity contribution in [3.05, 3.63) is 45.9 Å². The molecular formula is C14H18N2O3S2. The molecule has 1 aliphatic heterocycles. The summed E-state index contributed by atoms with van der Waals surface area (Å²) in [7, 11) is -1.86. The molecule has 0 radical (unpaired) electrons. The maximum atomic E-state index is 10.5. The number of likely N-dealkylation sites (N-methyl/N-ethyl adjacent to an activating group) is 1. The Labute approximate surface area is 129 Å². The third-order valence-corrected chi connectivity index (χ3v) is 4.92. The van der Waals surface area contributed by atoms with Crippen molar-refractivity contribution in [1.29, 1.82) is 0 Å². The van der Waals surface area contributed by atoms with Gasteiger partial charge in [0.1, 0.15) is 0 Å². The van der Waals surface area contributed by atoms with Gasteiger partial charge in [-0.05, 0) is 26.1 Å². The van der Waals surface area contributed by atoms with E-state index in [9.17, 15) is 8.42 Å². The average molecular weight is 326 g/mol. The van der Waals surface area contributed by atoms with Crippen LogP contribution in [0, 0.1) is 6.92 Å². The molecule has 0 saturated heterocycles. The van der Waals surface area contributed by atoms with Gasteiger partial charge < -0.3 is 4.90 Å². The van der Waals surface area contributed by atoms with Gasteiger partial charge >= 0.3 is 0 Å². The van der Waals surface area contributed by atoms with Gasteiger partial charge in [-0.2, -0.15) is 8.42 Å². The van der Waals surface area contributed by atoms with Crippen LogP contribution in [0.3, 0.4) is 0 Å². The van der Waals surface area contributed by atoms with Crippen LogP contribution in [0.2, 0.25) is 0 Å². The van der Waals surface area contributed by atoms with E-state index in [0.29, 0.717) is 0 Å². The van der Waals surface area contributed by atoms with Crippen LogP contribution < -0.4 is 0 Å². The van der Waals surface area contributed by atoms with Crippen molar-refractivity contribution in [1.82, 2.24) is 9.88 Å². The first kappa shape index (κ1) is 16.1. The highest BCUT2D eigenvalue weighted by Crippen LogP contribution is 2.19. The Bertz CT molecular complexity index is 693. The van der Waals surface area contributed by atoms with E-state index < -0.39 is 10.1 Å². The topological polar surface area (TPSA) is 70.5 Å². The molecule has 1 aromatic carbocycles. The third-order valence-electron chi connectivity index (χ3n) is 3.19. The van der Waals surface area contributed by atoms with Gasteiger partial charge in [-0.15, -0.1) is 11.3 Å². The van der Waals surface area contributed by atoms with E-state index >= 15 is 0 Å². The number of fused-ring (bicyclic) bond motifs is 1. The van der Waals surface area contributed by atoms with Gasteiger partial charge in [-0.1, -0.05) is 17.7 Å². The van der Waals surface area contributed by atoms with Crippen molar-refractivity contribution < 1.29 is 13.0 Å². The molecule has 0 amide bonds. The fraction of sp³-hybridized carbons (Fsp3) is 0.357. The molecule has 2 aromatic rings. The minimum Gasteiger partial charge on any atom is -0.301 e. The van der Waals surface area contributed by atoms with Gasteiger partial charge in [0.05, 0.1) is 16.1 Å². The molecule has 2 heterocycles. The number of hydrogen-bond donors (Lipinski definition) is 1. The maximum absolute atomic E-state index is 10.5. The highest BCUT2D eigenvalue weighted by atomic mass is 32.2. The minimum absolute atomic E-state index is 0.0666. The van der Waals surface area contributed by atoms with Gasteiger partial charge in [-0.25, -0.2) is 4.98 Å². The van der Waals surface area contributed by atoms with Crippen LogP contribution >= 0.6 is 11.3 Å². The van der Waals surface area contributed by atoms with Crippen molar-refractivity contribution in [2.24, 2.45) is 0 Å². The van der Waals surface area contributed by atoms with Crippen LogP contribution in [0.25, 0.3) is 0 Å². The Kier molecular flexibility index (Phi) is 5.10. The van der Waals surface area contributed by atoms with Crippen molar-refractivity contribution in [2.45, 2.75) is 24.8 Å². The third kappa shape index (κ3) is 4.60. The quantitative estimate of drug-likeness (QED) is 0.815. The summed E-state index contributed by atoms with van der Waals surface area (Å²) >= 11 is 1.78. The van der Waals surface area contributed by atoms with Crippen LogP contribution in [-0.2, 0) is 23.1 Å². The monoisotopic (exact) mass is 326 g/mol. The molecule has 114 valence electrons. The Morgan fingerprint density at radius 2 is 1.95 bits per heavy atom. The number of nitrogens with zero attached hydrogens (tertiary/aromatic N) is 2. The van der Waals surface area contributed by atoms with E-state index in [4.69, 9.17) is 4.55 Å². The van der Waals surface area contributed by atoms with Crippen LogP contribution in [0.4, 0.5) is 0 Å². The number of benzene rings is 1. The van der Waals surface area contributed by atoms with E-state index in [1.54, 1.807) is 23.5 Å². The van der Waals surface area contributed by atoms with Gasteiger partial charge in [0.2, 0.25) is 0 Å². The van der Waals surface area contributed by atoms with Crippen molar-refractivity contribution in [3.63, 3.8) is 0 Å². The Balaban J connectivity index is 0.000000154. The van der Waals surface area contributed by atoms with Crippen LogP contribution in [0.15, 0.2) is 34.7 Å². The van der Waals surface area contributed by atoms with Crippen molar-refractivity contribution in [2.75, 3.05) is 13.6 Å². The van der Waals surface area contributed by atoms with Crippen LogP contribution in [0.1, 0.15) is 16.1 Å². The molecule has 0 bridgehead atoms. The average Bonchev–Trinajstić information content (AvgIpc) is 2.86. The maximum Gasteiger partial charge on any atom is 0.294 e. The van der Waals surface area contributed by atoms with Crippen molar-refractivity contribution in [3.8, 4) is 0 Å². The summed E-state index contributed by atoms with van der Waals surface area (Å²) in [6.45, 7) is 4.10. The smallest absolute Gasteiger partial charge is 0.294 e. The second kappa shape index (κ2) is 6.65. The summed E-state index contributed by atoms with van der Waals surface area (Å²) in [6, 6.07) is 5.99. The molecule has 3 rings (SSSR count). The van der Waals surface area contributed by atoms with E-state index in [1.807, 2.05) is 12.4 Å². The van der Waals surface area contributed by atoms with Gasteiger partial charge in [0.15, 0.2) is 0 Å². The zero-order chi connectivity index (χ0) is 15.5. The normalized spacial score (nSPS) is 15.0. The molecule has 0 atom stereocenters. The molecule has 0 aliphatic carbocycles. The zero-order valence-electron chi connectivity index (χ0n) is 12.0. The van der Waals surface area contributed by atoms with Crippen LogP contribution in [-0.4, -0.2) is 36.4 Å². The van der Waals surface area contributed by atoms with Crippen LogP contribution in [0.5, 0.6) is 0 Å². The van der Waals surface area contributed by atoms with E-state index in [0.717, 1.165) is 25.1 Å². The number of aromatic nitrogens is 1. The summed E-state index contributed by atoms with van der Waals surface area (Å²) < 4.78 is 29.6. The van der Waals surface area contributed by atoms with E-state index in [-0.39, 0.29) is 4.90 Å². The predicted octanol–water partition coefficient (Wildman–Crippen LogP) is 2.37. The predicted molar refractivity (Wildman–Crippen MR) is 83.1 cm³/mol. The molecule has 0 spiro atoms. The second-order valence-corrected chi connectivity index (χ2v) is 7.36. The Morgan fingerprint density at radius 1 is 1.29 bits per heavy atom. The number of aryl methyl sites for hydroxylation is 1. The Hall–Kier alpha value is -1.28. The number of thiazole rings is 1. The number of hydrogen-bond acceptors (Lipinski definition) is 5. The lowest BCUT2D eigenvalue weighted by Crippen LogP contribution is -2.25. The van der Waals surface area contributed by atoms with Gasteiger partial charge in [0, 0.05) is 24.4 Å². The molecule has 21 heavy (non-hydrogen) atoms. The molecule has 0 saturated carbocycles. The largest absolute Gasteiger partial charge is 0.301 e. The molecule has 1 N–H and O–H groups in total. The lowest BCUT2D eigenvalue weighted by molar-refractivity contribution is 0.314. The molecule has 1 aliphatic rings. The first-order valence-electron chi connectivity index (χ1n) is 6.50. The minimum atomic E-state index is -4.02. The first-order chi connectivity index (χ1) is 9.86. The summed E-state index contributed by atoms with van der Waals surface area (Å²) in [6.07, 6.45) is 1.13. The molecule has 1 aromatic heterocycles. The summed E-state index contributed by atoms with van der Waals surface area (Å²) in [5.41, 5.74) is 4.23. The summed E-state index contributed by atoms with van der Waals surface area (Å²) in [5.74, 6) is 0. The summed E-state index contributed by atoms with van der Waals surface area (Å²) in [4.78, 5) is 8.00. The lowest BCUT2D eigenvalue weighted by atomic mass is 10.2. The SMILES string of the molecule is CN1CCc2ncsc2C1.Cc1ccc(S(=O)(=O)O)cc1. The van der Waals surface area contributed by atoms with E-state index in [2.05, 4.69) is 16.9 Å². The Morgan fingerprint density at radius 3 is 2.57 bits per heavy atom. The molecule has 0 unspecified atom stereocenters. The molecule has 7 heteroatoms. The van der Waals surface area contributed by atoms with E-state index in [1.165, 1.54) is 22.7 Å². The number of rotatable bonds is 1. The highest BCUT2D eigenvalue weighted by Gasteiger charge is 2.14. The van der Waals surface area contributed by atoms with Gasteiger partial charge in [0.25, 0.3) is 10.1 Å². The fourth-order valence-corrected chi connectivity index (χ4v) is 3.33. The first-order valence-corrected chi connectivity index (χ1v) is 8.82. The molecule has 0 fully saturated rings. The molecule has 5 nitrogen and oxygen atoms in total. The molecular weight excluding hydrogens is 308 g/mol. The summed E-state index contributed by atoms with van der Waals surface area (Å²) in [5, 5.41) is 0. The van der Waals surface area contributed by atoms with Crippen molar-refractivity contribution >= 4 is 21.5 Å². The second-order valence-electron chi connectivity index (χ2n) is 5.00. The fourth-order valence-electron chi connectivity index (χ4n) is 1.96. The highest BCUT2D eigenvalue weighted by molar-refractivity contribution is 7.85.